The maximum Gasteiger partial charge on any atom is 0.303 e. The first-order valence-corrected chi connectivity index (χ1v) is 7.06. The standard InChI is InChI=1S/C14H18BrNO2/c1-9(2)16-8-10(3-6-14(17)18)12-7-11(15)4-5-13(12)16/h4-5,7,9-10H,3,6,8H2,1-2H3,(H,17,18). The number of halogens is 1. The molecule has 1 heterocycles. The molecule has 0 aromatic heterocycles. The third-order valence-corrected chi connectivity index (χ3v) is 3.98. The Morgan fingerprint density at radius 2 is 2.28 bits per heavy atom. The topological polar surface area (TPSA) is 40.5 Å². The van der Waals surface area contributed by atoms with Crippen molar-refractivity contribution in [1.82, 2.24) is 0 Å². The number of benzene rings is 1. The number of carboxylic acid groups (broad SMARTS) is 1. The molecule has 0 saturated heterocycles. The summed E-state index contributed by atoms with van der Waals surface area (Å²) in [5, 5.41) is 8.83. The van der Waals surface area contributed by atoms with Crippen LogP contribution < -0.4 is 4.90 Å². The second-order valence-electron chi connectivity index (χ2n) is 5.08. The van der Waals surface area contributed by atoms with E-state index in [4.69, 9.17) is 5.11 Å². The van der Waals surface area contributed by atoms with Crippen LogP contribution in [0, 0.1) is 0 Å². The zero-order valence-electron chi connectivity index (χ0n) is 10.7. The van der Waals surface area contributed by atoms with Crippen LogP contribution in [0.2, 0.25) is 0 Å². The van der Waals surface area contributed by atoms with Crippen molar-refractivity contribution in [2.75, 3.05) is 11.4 Å². The van der Waals surface area contributed by atoms with Crippen molar-refractivity contribution in [2.45, 2.75) is 38.6 Å². The van der Waals surface area contributed by atoms with Gasteiger partial charge in [-0.25, -0.2) is 0 Å². The third-order valence-electron chi connectivity index (χ3n) is 3.49. The Morgan fingerprint density at radius 3 is 2.89 bits per heavy atom. The predicted molar refractivity (Wildman–Crippen MR) is 76.2 cm³/mol. The van der Waals surface area contributed by atoms with Gasteiger partial charge in [0.05, 0.1) is 0 Å². The lowest BCUT2D eigenvalue weighted by atomic mass is 9.96. The maximum absolute atomic E-state index is 10.7. The largest absolute Gasteiger partial charge is 0.481 e. The number of anilines is 1. The third kappa shape index (κ3) is 2.69. The minimum absolute atomic E-state index is 0.239. The molecule has 0 radical (unpaired) electrons. The monoisotopic (exact) mass is 311 g/mol. The van der Waals surface area contributed by atoms with Gasteiger partial charge in [-0.05, 0) is 44.0 Å². The number of rotatable bonds is 4. The molecular formula is C14H18BrNO2. The lowest BCUT2D eigenvalue weighted by Crippen LogP contribution is -2.29. The molecule has 1 aliphatic heterocycles. The highest BCUT2D eigenvalue weighted by Crippen LogP contribution is 2.41. The van der Waals surface area contributed by atoms with Crippen LogP contribution in [0.25, 0.3) is 0 Å². The molecule has 0 aliphatic carbocycles. The minimum atomic E-state index is -0.713. The number of hydrogen-bond acceptors (Lipinski definition) is 2. The number of hydrogen-bond donors (Lipinski definition) is 1. The fourth-order valence-electron chi connectivity index (χ4n) is 2.58. The van der Waals surface area contributed by atoms with Crippen molar-refractivity contribution >= 4 is 27.6 Å². The number of carbonyl (C=O) groups is 1. The van der Waals surface area contributed by atoms with Crippen LogP contribution in [0.3, 0.4) is 0 Å². The molecule has 0 saturated carbocycles. The van der Waals surface area contributed by atoms with E-state index in [1.54, 1.807) is 0 Å². The predicted octanol–water partition coefficient (Wildman–Crippen LogP) is 3.63. The molecule has 4 heteroatoms. The van der Waals surface area contributed by atoms with Gasteiger partial charge in [0.15, 0.2) is 0 Å². The number of fused-ring (bicyclic) bond motifs is 1. The van der Waals surface area contributed by atoms with Gasteiger partial charge in [0.25, 0.3) is 0 Å². The van der Waals surface area contributed by atoms with E-state index in [0.29, 0.717) is 18.4 Å². The Balaban J connectivity index is 2.26. The highest BCUT2D eigenvalue weighted by Gasteiger charge is 2.30. The van der Waals surface area contributed by atoms with Crippen LogP contribution in [0.4, 0.5) is 5.69 Å². The van der Waals surface area contributed by atoms with E-state index in [-0.39, 0.29) is 6.42 Å². The fraction of sp³-hybridized carbons (Fsp3) is 0.500. The number of nitrogens with zero attached hydrogens (tertiary/aromatic N) is 1. The van der Waals surface area contributed by atoms with Gasteiger partial charge in [0.1, 0.15) is 0 Å². The Kier molecular flexibility index (Phi) is 3.95. The summed E-state index contributed by atoms with van der Waals surface area (Å²) in [4.78, 5) is 13.1. The molecule has 1 aromatic rings. The van der Waals surface area contributed by atoms with Gasteiger partial charge in [0.2, 0.25) is 0 Å². The summed E-state index contributed by atoms with van der Waals surface area (Å²) in [6.07, 6.45) is 0.949. The average Bonchev–Trinajstić information content (AvgIpc) is 2.64. The van der Waals surface area contributed by atoms with Crippen molar-refractivity contribution in [3.8, 4) is 0 Å². The van der Waals surface area contributed by atoms with E-state index in [2.05, 4.69) is 46.8 Å². The van der Waals surface area contributed by atoms with Crippen LogP contribution in [-0.4, -0.2) is 23.7 Å². The number of aliphatic carboxylic acids is 1. The molecule has 1 aromatic carbocycles. The highest BCUT2D eigenvalue weighted by molar-refractivity contribution is 9.10. The van der Waals surface area contributed by atoms with Gasteiger partial charge >= 0.3 is 5.97 Å². The molecule has 1 unspecified atom stereocenters. The molecule has 0 amide bonds. The molecule has 98 valence electrons. The van der Waals surface area contributed by atoms with Crippen LogP contribution in [-0.2, 0) is 4.79 Å². The van der Waals surface area contributed by atoms with E-state index in [1.807, 2.05) is 6.07 Å². The quantitative estimate of drug-likeness (QED) is 0.923. The maximum atomic E-state index is 10.7. The van der Waals surface area contributed by atoms with Crippen LogP contribution in [0.15, 0.2) is 22.7 Å². The van der Waals surface area contributed by atoms with Crippen molar-refractivity contribution in [2.24, 2.45) is 0 Å². The zero-order chi connectivity index (χ0) is 13.3. The summed E-state index contributed by atoms with van der Waals surface area (Å²) in [5.74, 6) is -0.384. The SMILES string of the molecule is CC(C)N1CC(CCC(=O)O)c2cc(Br)ccc21. The zero-order valence-corrected chi connectivity index (χ0v) is 12.3. The molecule has 0 bridgehead atoms. The Bertz CT molecular complexity index is 459. The summed E-state index contributed by atoms with van der Waals surface area (Å²) < 4.78 is 1.06. The first-order chi connectivity index (χ1) is 8.49. The Labute approximate surface area is 116 Å². The van der Waals surface area contributed by atoms with Crippen molar-refractivity contribution in [1.29, 1.82) is 0 Å². The fourth-order valence-corrected chi connectivity index (χ4v) is 2.96. The van der Waals surface area contributed by atoms with Crippen molar-refractivity contribution in [3.63, 3.8) is 0 Å². The van der Waals surface area contributed by atoms with Gasteiger partial charge in [-0.2, -0.15) is 0 Å². The second-order valence-corrected chi connectivity index (χ2v) is 5.99. The first kappa shape index (κ1) is 13.4. The molecular weight excluding hydrogens is 294 g/mol. The summed E-state index contributed by atoms with van der Waals surface area (Å²) in [7, 11) is 0. The molecule has 1 atom stereocenters. The van der Waals surface area contributed by atoms with Gasteiger partial charge < -0.3 is 10.0 Å². The summed E-state index contributed by atoms with van der Waals surface area (Å²) in [6, 6.07) is 6.75. The molecule has 18 heavy (non-hydrogen) atoms. The Morgan fingerprint density at radius 1 is 1.56 bits per heavy atom. The van der Waals surface area contributed by atoms with Crippen LogP contribution >= 0.6 is 15.9 Å². The summed E-state index contributed by atoms with van der Waals surface area (Å²) in [6.45, 7) is 5.27. The summed E-state index contributed by atoms with van der Waals surface area (Å²) in [5.41, 5.74) is 2.53. The van der Waals surface area contributed by atoms with Gasteiger partial charge in [0, 0.05) is 35.1 Å². The molecule has 1 aliphatic rings. The first-order valence-electron chi connectivity index (χ1n) is 6.27. The van der Waals surface area contributed by atoms with Gasteiger partial charge in [-0.15, -0.1) is 0 Å². The summed E-state index contributed by atoms with van der Waals surface area (Å²) >= 11 is 3.49. The van der Waals surface area contributed by atoms with E-state index >= 15 is 0 Å². The molecule has 0 spiro atoms. The van der Waals surface area contributed by atoms with Gasteiger partial charge in [-0.3, -0.25) is 4.79 Å². The molecule has 3 nitrogen and oxygen atoms in total. The average molecular weight is 312 g/mol. The second kappa shape index (κ2) is 5.31. The molecule has 2 rings (SSSR count). The lowest BCUT2D eigenvalue weighted by Gasteiger charge is -2.24. The van der Waals surface area contributed by atoms with E-state index in [1.165, 1.54) is 11.3 Å². The molecule has 0 fully saturated rings. The van der Waals surface area contributed by atoms with Gasteiger partial charge in [-0.1, -0.05) is 15.9 Å². The smallest absolute Gasteiger partial charge is 0.303 e. The highest BCUT2D eigenvalue weighted by atomic mass is 79.9. The minimum Gasteiger partial charge on any atom is -0.481 e. The van der Waals surface area contributed by atoms with Crippen LogP contribution in [0.5, 0.6) is 0 Å². The van der Waals surface area contributed by atoms with E-state index in [9.17, 15) is 4.79 Å². The lowest BCUT2D eigenvalue weighted by molar-refractivity contribution is -0.137. The van der Waals surface area contributed by atoms with E-state index in [0.717, 1.165) is 11.0 Å². The molecule has 1 N–H and O–H groups in total. The van der Waals surface area contributed by atoms with E-state index < -0.39 is 5.97 Å². The van der Waals surface area contributed by atoms with Crippen LogP contribution in [0.1, 0.15) is 38.2 Å². The Hall–Kier alpha value is -1.03. The van der Waals surface area contributed by atoms with Crippen molar-refractivity contribution in [3.05, 3.63) is 28.2 Å². The number of carboxylic acids is 1. The normalized spacial score (nSPS) is 18.2. The van der Waals surface area contributed by atoms with Crippen molar-refractivity contribution < 1.29 is 9.90 Å².